The van der Waals surface area contributed by atoms with Crippen LogP contribution in [-0.2, 0) is 16.0 Å². The lowest BCUT2D eigenvalue weighted by molar-refractivity contribution is -0.123. The van der Waals surface area contributed by atoms with E-state index in [-0.39, 0.29) is 17.4 Å². The van der Waals surface area contributed by atoms with Crippen LogP contribution >= 0.6 is 12.6 Å². The first-order valence-electron chi connectivity index (χ1n) is 6.62. The topological polar surface area (TPSA) is 58.2 Å². The Labute approximate surface area is 125 Å². The van der Waals surface area contributed by atoms with Gasteiger partial charge in [-0.15, -0.1) is 12.6 Å². The van der Waals surface area contributed by atoms with Gasteiger partial charge in [-0.25, -0.2) is 0 Å². The Morgan fingerprint density at radius 2 is 1.70 bits per heavy atom. The van der Waals surface area contributed by atoms with Gasteiger partial charge in [0.25, 0.3) is 0 Å². The van der Waals surface area contributed by atoms with Crippen molar-refractivity contribution in [1.29, 1.82) is 0 Å². The molecule has 2 N–H and O–H groups in total. The lowest BCUT2D eigenvalue weighted by atomic mass is 10.1. The Hall–Kier alpha value is -1.49. The fourth-order valence-corrected chi connectivity index (χ4v) is 1.81. The van der Waals surface area contributed by atoms with Gasteiger partial charge in [0.1, 0.15) is 0 Å². The van der Waals surface area contributed by atoms with Crippen molar-refractivity contribution in [2.45, 2.75) is 44.0 Å². The molecule has 0 spiro atoms. The average Bonchev–Trinajstić information content (AvgIpc) is 2.29. The Morgan fingerprint density at radius 1 is 1.10 bits per heavy atom. The second-order valence-electron chi connectivity index (χ2n) is 5.74. The number of hydrogen-bond donors (Lipinski definition) is 3. The molecule has 0 radical (unpaired) electrons. The maximum Gasteiger partial charge on any atom is 0.224 e. The van der Waals surface area contributed by atoms with Crippen LogP contribution < -0.4 is 10.6 Å². The highest BCUT2D eigenvalue weighted by Crippen LogP contribution is 2.08. The quantitative estimate of drug-likeness (QED) is 0.727. The van der Waals surface area contributed by atoms with Crippen molar-refractivity contribution in [1.82, 2.24) is 10.6 Å². The Morgan fingerprint density at radius 3 is 2.25 bits per heavy atom. The predicted octanol–water partition coefficient (Wildman–Crippen LogP) is 1.94. The summed E-state index contributed by atoms with van der Waals surface area (Å²) >= 11 is 4.19. The van der Waals surface area contributed by atoms with E-state index in [4.69, 9.17) is 0 Å². The molecule has 0 aromatic heterocycles. The lowest BCUT2D eigenvalue weighted by Crippen LogP contribution is -2.42. The normalized spacial score (nSPS) is 11.0. The summed E-state index contributed by atoms with van der Waals surface area (Å²) in [5.41, 5.74) is 0.690. The minimum atomic E-state index is -0.240. The van der Waals surface area contributed by atoms with E-state index >= 15 is 0 Å². The van der Waals surface area contributed by atoms with E-state index in [1.807, 2.05) is 45.0 Å². The van der Waals surface area contributed by atoms with Crippen LogP contribution in [0.25, 0.3) is 0 Å². The van der Waals surface area contributed by atoms with Crippen molar-refractivity contribution in [2.24, 2.45) is 0 Å². The van der Waals surface area contributed by atoms with Gasteiger partial charge in [-0.2, -0.15) is 0 Å². The number of nitrogens with one attached hydrogen (secondary N) is 2. The van der Waals surface area contributed by atoms with Gasteiger partial charge in [-0.1, -0.05) is 12.1 Å². The Balaban J connectivity index is 2.27. The zero-order valence-corrected chi connectivity index (χ0v) is 13.1. The first-order chi connectivity index (χ1) is 9.26. The summed E-state index contributed by atoms with van der Waals surface area (Å²) < 4.78 is 0. The van der Waals surface area contributed by atoms with E-state index in [1.165, 1.54) is 0 Å². The molecule has 4 nitrogen and oxygen atoms in total. The Bertz CT molecular complexity index is 464. The molecule has 0 unspecified atom stereocenters. The second kappa shape index (κ2) is 7.33. The summed E-state index contributed by atoms with van der Waals surface area (Å²) in [5.74, 6) is -0.141. The third-order valence-corrected chi connectivity index (χ3v) is 2.79. The third-order valence-electron chi connectivity index (χ3n) is 2.49. The van der Waals surface area contributed by atoms with E-state index in [9.17, 15) is 9.59 Å². The lowest BCUT2D eigenvalue weighted by Gasteiger charge is -2.20. The minimum Gasteiger partial charge on any atom is -0.355 e. The van der Waals surface area contributed by atoms with Crippen LogP contribution in [0.4, 0.5) is 0 Å². The van der Waals surface area contributed by atoms with Crippen LogP contribution in [0.5, 0.6) is 0 Å². The maximum absolute atomic E-state index is 11.7. The van der Waals surface area contributed by atoms with Gasteiger partial charge in [-0.3, -0.25) is 9.59 Å². The highest BCUT2D eigenvalue weighted by Gasteiger charge is 2.13. The third kappa shape index (κ3) is 7.19. The fraction of sp³-hybridized carbons (Fsp3) is 0.467. The van der Waals surface area contributed by atoms with Crippen molar-refractivity contribution in [3.63, 3.8) is 0 Å². The molecule has 20 heavy (non-hydrogen) atoms. The molecule has 2 amide bonds. The molecule has 1 aromatic carbocycles. The van der Waals surface area contributed by atoms with Crippen LogP contribution in [-0.4, -0.2) is 23.9 Å². The molecule has 110 valence electrons. The summed E-state index contributed by atoms with van der Waals surface area (Å²) in [4.78, 5) is 24.1. The zero-order chi connectivity index (χ0) is 15.2. The highest BCUT2D eigenvalue weighted by molar-refractivity contribution is 7.80. The van der Waals surface area contributed by atoms with Gasteiger partial charge < -0.3 is 10.6 Å². The van der Waals surface area contributed by atoms with Crippen molar-refractivity contribution in [3.05, 3.63) is 29.8 Å². The number of amides is 2. The van der Waals surface area contributed by atoms with Crippen LogP contribution in [0.15, 0.2) is 29.2 Å². The molecule has 0 atom stereocenters. The van der Waals surface area contributed by atoms with E-state index in [0.717, 1.165) is 10.5 Å². The first kappa shape index (κ1) is 16.6. The fourth-order valence-electron chi connectivity index (χ4n) is 1.66. The molecule has 0 aliphatic carbocycles. The van der Waals surface area contributed by atoms with Crippen LogP contribution in [0.1, 0.15) is 32.8 Å². The monoisotopic (exact) mass is 294 g/mol. The molecule has 0 aliphatic heterocycles. The van der Waals surface area contributed by atoms with E-state index in [2.05, 4.69) is 23.3 Å². The molecular weight excluding hydrogens is 272 g/mol. The van der Waals surface area contributed by atoms with Crippen molar-refractivity contribution < 1.29 is 9.59 Å². The molecule has 0 aliphatic rings. The van der Waals surface area contributed by atoms with Gasteiger partial charge in [0.15, 0.2) is 0 Å². The number of rotatable bonds is 5. The van der Waals surface area contributed by atoms with Gasteiger partial charge in [0.05, 0.1) is 6.42 Å². The number of carbonyl (C=O) groups is 2. The number of thiol groups is 1. The summed E-state index contributed by atoms with van der Waals surface area (Å²) in [6, 6.07) is 7.44. The standard InChI is InChI=1S/C15H22N2O2S/c1-15(2,3)17-13(18)8-9-16-14(19)10-11-4-6-12(20)7-5-11/h4-7,20H,8-10H2,1-3H3,(H,16,19)(H,17,18). The largest absolute Gasteiger partial charge is 0.355 e. The SMILES string of the molecule is CC(C)(C)NC(=O)CCNC(=O)Cc1ccc(S)cc1. The molecular formula is C15H22N2O2S. The number of carbonyl (C=O) groups excluding carboxylic acids is 2. The maximum atomic E-state index is 11.7. The van der Waals surface area contributed by atoms with Crippen LogP contribution in [0.3, 0.4) is 0 Å². The molecule has 0 saturated heterocycles. The van der Waals surface area contributed by atoms with Crippen molar-refractivity contribution in [3.8, 4) is 0 Å². The summed E-state index contributed by atoms with van der Waals surface area (Å²) in [5, 5.41) is 5.59. The van der Waals surface area contributed by atoms with Crippen molar-refractivity contribution >= 4 is 24.4 Å². The second-order valence-corrected chi connectivity index (χ2v) is 6.26. The summed E-state index contributed by atoms with van der Waals surface area (Å²) in [7, 11) is 0. The van der Waals surface area contributed by atoms with Gasteiger partial charge >= 0.3 is 0 Å². The predicted molar refractivity (Wildman–Crippen MR) is 82.9 cm³/mol. The molecule has 0 heterocycles. The Kier molecular flexibility index (Phi) is 6.07. The molecule has 1 rings (SSSR count). The van der Waals surface area contributed by atoms with Gasteiger partial charge in [0, 0.05) is 23.4 Å². The average molecular weight is 294 g/mol. The number of benzene rings is 1. The van der Waals surface area contributed by atoms with Crippen LogP contribution in [0, 0.1) is 0 Å². The van der Waals surface area contributed by atoms with Crippen molar-refractivity contribution in [2.75, 3.05) is 6.54 Å². The van der Waals surface area contributed by atoms with E-state index < -0.39 is 0 Å². The van der Waals surface area contributed by atoms with Gasteiger partial charge in [-0.05, 0) is 38.5 Å². The minimum absolute atomic E-state index is 0.0581. The highest BCUT2D eigenvalue weighted by atomic mass is 32.1. The zero-order valence-electron chi connectivity index (χ0n) is 12.2. The summed E-state index contributed by atoms with van der Waals surface area (Å²) in [6.07, 6.45) is 0.605. The number of hydrogen-bond acceptors (Lipinski definition) is 3. The molecule has 0 saturated carbocycles. The van der Waals surface area contributed by atoms with E-state index in [0.29, 0.717) is 19.4 Å². The van der Waals surface area contributed by atoms with Gasteiger partial charge in [0.2, 0.25) is 11.8 Å². The molecule has 1 aromatic rings. The smallest absolute Gasteiger partial charge is 0.224 e. The molecule has 5 heteroatoms. The van der Waals surface area contributed by atoms with E-state index in [1.54, 1.807) is 0 Å². The molecule has 0 fully saturated rings. The molecule has 0 bridgehead atoms. The first-order valence-corrected chi connectivity index (χ1v) is 7.06. The summed E-state index contributed by atoms with van der Waals surface area (Å²) in [6.45, 7) is 6.13. The van der Waals surface area contributed by atoms with Crippen LogP contribution in [0.2, 0.25) is 0 Å².